The first-order chi connectivity index (χ1) is 9.36. The number of benzene rings is 1. The molecule has 0 aliphatic carbocycles. The highest BCUT2D eigenvalue weighted by Crippen LogP contribution is 2.30. The summed E-state index contributed by atoms with van der Waals surface area (Å²) >= 11 is 0. The van der Waals surface area contributed by atoms with E-state index in [1.165, 1.54) is 0 Å². The summed E-state index contributed by atoms with van der Waals surface area (Å²) in [6, 6.07) is 2.32. The number of rotatable bonds is 4. The van der Waals surface area contributed by atoms with Crippen LogP contribution in [-0.4, -0.2) is 9.97 Å². The number of nitrogens with one attached hydrogen (secondary N) is 2. The predicted molar refractivity (Wildman–Crippen MR) is 65.2 cm³/mol. The van der Waals surface area contributed by atoms with Gasteiger partial charge < -0.3 is 10.3 Å². The summed E-state index contributed by atoms with van der Waals surface area (Å²) in [6.07, 6.45) is -1.32. The Balaban J connectivity index is 2.08. The van der Waals surface area contributed by atoms with Crippen molar-refractivity contribution in [2.45, 2.75) is 25.7 Å². The maximum atomic E-state index is 13.2. The number of alkyl halides is 3. The first-order valence-electron chi connectivity index (χ1n) is 5.95. The highest BCUT2D eigenvalue weighted by atomic mass is 19.4. The molecule has 1 aromatic carbocycles. The maximum Gasteiger partial charge on any atom is 0.416 e. The van der Waals surface area contributed by atoms with Crippen molar-refractivity contribution < 1.29 is 17.6 Å². The number of halogens is 4. The van der Waals surface area contributed by atoms with Crippen molar-refractivity contribution in [1.82, 2.24) is 15.3 Å². The number of hydrogen-bond acceptors (Lipinski definition) is 2. The Kier molecular flexibility index (Phi) is 4.08. The molecule has 0 amide bonds. The lowest BCUT2D eigenvalue weighted by atomic mass is 10.1. The van der Waals surface area contributed by atoms with E-state index >= 15 is 0 Å². The fraction of sp³-hybridized carbons (Fsp3) is 0.308. The second-order valence-electron chi connectivity index (χ2n) is 4.42. The highest BCUT2D eigenvalue weighted by molar-refractivity contribution is 5.26. The van der Waals surface area contributed by atoms with E-state index in [-0.39, 0.29) is 18.2 Å². The number of hydrogen-bond donors (Lipinski definition) is 2. The van der Waals surface area contributed by atoms with Gasteiger partial charge in [-0.15, -0.1) is 0 Å². The Hall–Kier alpha value is -1.89. The molecule has 2 N–H and O–H groups in total. The summed E-state index contributed by atoms with van der Waals surface area (Å²) in [5.41, 5.74) is -0.754. The molecule has 0 aliphatic rings. The SMILES string of the molecule is CC(NCc1cc(F)cc(C(F)(F)F)c1)c1ncc[nH]1. The molecule has 0 spiro atoms. The van der Waals surface area contributed by atoms with Gasteiger partial charge in [-0.2, -0.15) is 13.2 Å². The van der Waals surface area contributed by atoms with Gasteiger partial charge in [0.1, 0.15) is 11.6 Å². The minimum atomic E-state index is -4.55. The molecule has 2 rings (SSSR count). The summed E-state index contributed by atoms with van der Waals surface area (Å²) in [7, 11) is 0. The first kappa shape index (κ1) is 14.5. The van der Waals surface area contributed by atoms with Gasteiger partial charge in [0.05, 0.1) is 11.6 Å². The number of nitrogens with zero attached hydrogens (tertiary/aromatic N) is 1. The van der Waals surface area contributed by atoms with Gasteiger partial charge in [-0.1, -0.05) is 0 Å². The average molecular weight is 287 g/mol. The van der Waals surface area contributed by atoms with E-state index < -0.39 is 17.6 Å². The molecular formula is C13H13F4N3. The second kappa shape index (κ2) is 5.62. The van der Waals surface area contributed by atoms with Crippen LogP contribution in [0.15, 0.2) is 30.6 Å². The van der Waals surface area contributed by atoms with Crippen LogP contribution in [0.25, 0.3) is 0 Å². The fourth-order valence-electron chi connectivity index (χ4n) is 1.80. The van der Waals surface area contributed by atoms with E-state index in [9.17, 15) is 17.6 Å². The monoisotopic (exact) mass is 287 g/mol. The van der Waals surface area contributed by atoms with Crippen molar-refractivity contribution in [1.29, 1.82) is 0 Å². The van der Waals surface area contributed by atoms with Crippen LogP contribution in [0.1, 0.15) is 29.9 Å². The lowest BCUT2D eigenvalue weighted by molar-refractivity contribution is -0.137. The molecular weight excluding hydrogens is 274 g/mol. The normalized spacial score (nSPS) is 13.4. The molecule has 1 heterocycles. The molecule has 0 fully saturated rings. The predicted octanol–water partition coefficient (Wildman–Crippen LogP) is 3.42. The summed E-state index contributed by atoms with van der Waals surface area (Å²) in [5, 5.41) is 2.98. The van der Waals surface area contributed by atoms with Crippen molar-refractivity contribution in [3.05, 3.63) is 53.4 Å². The van der Waals surface area contributed by atoms with Crippen LogP contribution in [0, 0.1) is 5.82 Å². The highest BCUT2D eigenvalue weighted by Gasteiger charge is 2.31. The summed E-state index contributed by atoms with van der Waals surface area (Å²) in [5.74, 6) is -0.236. The topological polar surface area (TPSA) is 40.7 Å². The van der Waals surface area contributed by atoms with Crippen molar-refractivity contribution in [2.75, 3.05) is 0 Å². The van der Waals surface area contributed by atoms with Crippen LogP contribution in [0.4, 0.5) is 17.6 Å². The summed E-state index contributed by atoms with van der Waals surface area (Å²) < 4.78 is 50.9. The molecule has 1 aromatic heterocycles. The van der Waals surface area contributed by atoms with Gasteiger partial charge in [0.15, 0.2) is 0 Å². The van der Waals surface area contributed by atoms with Crippen molar-refractivity contribution in [3.8, 4) is 0 Å². The lowest BCUT2D eigenvalue weighted by Crippen LogP contribution is -2.19. The minimum Gasteiger partial charge on any atom is -0.347 e. The fourth-order valence-corrected chi connectivity index (χ4v) is 1.80. The molecule has 0 saturated carbocycles. The third kappa shape index (κ3) is 3.57. The number of H-pyrrole nitrogens is 1. The van der Waals surface area contributed by atoms with E-state index in [2.05, 4.69) is 15.3 Å². The van der Waals surface area contributed by atoms with Crippen LogP contribution in [0.3, 0.4) is 0 Å². The standard InChI is InChI=1S/C13H13F4N3/c1-8(12-18-2-3-19-12)20-7-9-4-10(13(15,16)17)6-11(14)5-9/h2-6,8,20H,7H2,1H3,(H,18,19). The van der Waals surface area contributed by atoms with Gasteiger partial charge in [0, 0.05) is 18.9 Å². The minimum absolute atomic E-state index is 0.114. The number of aromatic amines is 1. The van der Waals surface area contributed by atoms with E-state index in [1.807, 2.05) is 6.92 Å². The van der Waals surface area contributed by atoms with Gasteiger partial charge in [-0.05, 0) is 30.7 Å². The van der Waals surface area contributed by atoms with Gasteiger partial charge in [0.2, 0.25) is 0 Å². The summed E-state index contributed by atoms with van der Waals surface area (Å²) in [4.78, 5) is 6.92. The largest absolute Gasteiger partial charge is 0.416 e. The zero-order valence-electron chi connectivity index (χ0n) is 10.6. The Labute approximate surface area is 113 Å². The first-order valence-corrected chi connectivity index (χ1v) is 5.95. The molecule has 2 aromatic rings. The molecule has 1 unspecified atom stereocenters. The zero-order valence-corrected chi connectivity index (χ0v) is 10.6. The van der Waals surface area contributed by atoms with E-state index in [0.29, 0.717) is 11.9 Å². The van der Waals surface area contributed by atoms with Crippen LogP contribution < -0.4 is 5.32 Å². The van der Waals surface area contributed by atoms with Crippen LogP contribution >= 0.6 is 0 Å². The van der Waals surface area contributed by atoms with Gasteiger partial charge in [0.25, 0.3) is 0 Å². The molecule has 108 valence electrons. The molecule has 0 aliphatic heterocycles. The van der Waals surface area contributed by atoms with E-state index in [1.54, 1.807) is 12.4 Å². The molecule has 3 nitrogen and oxygen atoms in total. The Morgan fingerprint density at radius 1 is 1.30 bits per heavy atom. The number of aromatic nitrogens is 2. The maximum absolute atomic E-state index is 13.2. The Bertz CT molecular complexity index is 563. The molecule has 7 heteroatoms. The molecule has 0 bridgehead atoms. The quantitative estimate of drug-likeness (QED) is 0.846. The van der Waals surface area contributed by atoms with Crippen LogP contribution in [0.2, 0.25) is 0 Å². The van der Waals surface area contributed by atoms with E-state index in [4.69, 9.17) is 0 Å². The van der Waals surface area contributed by atoms with Crippen molar-refractivity contribution in [2.24, 2.45) is 0 Å². The number of imidazole rings is 1. The van der Waals surface area contributed by atoms with Crippen LogP contribution in [-0.2, 0) is 12.7 Å². The zero-order chi connectivity index (χ0) is 14.8. The molecule has 20 heavy (non-hydrogen) atoms. The van der Waals surface area contributed by atoms with Gasteiger partial charge in [-0.3, -0.25) is 0 Å². The Morgan fingerprint density at radius 3 is 2.65 bits per heavy atom. The van der Waals surface area contributed by atoms with Crippen LogP contribution in [0.5, 0.6) is 0 Å². The van der Waals surface area contributed by atoms with Gasteiger partial charge in [-0.25, -0.2) is 9.37 Å². The summed E-state index contributed by atoms with van der Waals surface area (Å²) in [6.45, 7) is 1.92. The smallest absolute Gasteiger partial charge is 0.347 e. The van der Waals surface area contributed by atoms with E-state index in [0.717, 1.165) is 12.1 Å². The second-order valence-corrected chi connectivity index (χ2v) is 4.42. The molecule has 1 atom stereocenters. The van der Waals surface area contributed by atoms with Gasteiger partial charge >= 0.3 is 6.18 Å². The lowest BCUT2D eigenvalue weighted by Gasteiger charge is -2.13. The molecule has 0 saturated heterocycles. The Morgan fingerprint density at radius 2 is 2.05 bits per heavy atom. The molecule has 0 radical (unpaired) electrons. The average Bonchev–Trinajstić information content (AvgIpc) is 2.88. The van der Waals surface area contributed by atoms with Crippen molar-refractivity contribution in [3.63, 3.8) is 0 Å². The third-order valence-corrected chi connectivity index (χ3v) is 2.83. The third-order valence-electron chi connectivity index (χ3n) is 2.83. The van der Waals surface area contributed by atoms with Crippen molar-refractivity contribution >= 4 is 0 Å².